The predicted molar refractivity (Wildman–Crippen MR) is 94.2 cm³/mol. The largest absolute Gasteiger partial charge is 0.362 e. The summed E-state index contributed by atoms with van der Waals surface area (Å²) in [7, 11) is 0. The van der Waals surface area contributed by atoms with Gasteiger partial charge >= 0.3 is 0 Å². The van der Waals surface area contributed by atoms with E-state index < -0.39 is 11.2 Å². The van der Waals surface area contributed by atoms with Crippen molar-refractivity contribution >= 4 is 28.6 Å². The molecular formula is C17H29NO4S. The Balaban J connectivity index is 3.87. The van der Waals surface area contributed by atoms with E-state index in [-0.39, 0.29) is 11.7 Å². The zero-order valence-corrected chi connectivity index (χ0v) is 15.2. The molecule has 0 saturated carbocycles. The Morgan fingerprint density at radius 1 is 1.09 bits per heavy atom. The number of carbonyl (C=O) groups excluding carboxylic acids is 3. The topological polar surface area (TPSA) is 72.5 Å². The van der Waals surface area contributed by atoms with E-state index in [1.165, 1.54) is 44.1 Å². The van der Waals surface area contributed by atoms with Crippen LogP contribution in [-0.4, -0.2) is 36.1 Å². The van der Waals surface area contributed by atoms with Crippen LogP contribution in [0.5, 0.6) is 0 Å². The molecule has 5 nitrogen and oxygen atoms in total. The maximum atomic E-state index is 11.8. The second-order valence-electron chi connectivity index (χ2n) is 5.24. The molecule has 1 unspecified atom stereocenters. The van der Waals surface area contributed by atoms with Gasteiger partial charge in [0, 0.05) is 19.2 Å². The summed E-state index contributed by atoms with van der Waals surface area (Å²) in [5.41, 5.74) is 0. The fourth-order valence-corrected chi connectivity index (χ4v) is 2.60. The lowest BCUT2D eigenvalue weighted by Gasteiger charge is -2.10. The third-order valence-electron chi connectivity index (χ3n) is 3.15. The van der Waals surface area contributed by atoms with Crippen molar-refractivity contribution in [2.75, 3.05) is 13.2 Å². The van der Waals surface area contributed by atoms with E-state index in [1.807, 2.05) is 0 Å². The van der Waals surface area contributed by atoms with Crippen LogP contribution in [-0.2, 0) is 19.1 Å². The molecule has 1 N–H and O–H groups in total. The van der Waals surface area contributed by atoms with Gasteiger partial charge in [0.15, 0.2) is 11.9 Å². The number of carbonyl (C=O) groups is 3. The molecule has 0 spiro atoms. The van der Waals surface area contributed by atoms with Crippen molar-refractivity contribution in [2.45, 2.75) is 65.4 Å². The van der Waals surface area contributed by atoms with Crippen LogP contribution < -0.4 is 5.32 Å². The normalized spacial score (nSPS) is 12.3. The molecule has 0 fully saturated rings. The third kappa shape index (κ3) is 12.0. The van der Waals surface area contributed by atoms with Crippen LogP contribution in [0.1, 0.15) is 59.3 Å². The smallest absolute Gasteiger partial charge is 0.244 e. The summed E-state index contributed by atoms with van der Waals surface area (Å²) in [5.74, 6) is -0.556. The van der Waals surface area contributed by atoms with Crippen molar-refractivity contribution in [3.8, 4) is 0 Å². The van der Waals surface area contributed by atoms with E-state index in [0.29, 0.717) is 13.2 Å². The zero-order chi connectivity index (χ0) is 17.5. The maximum absolute atomic E-state index is 11.8. The number of nitrogens with one attached hydrogen (secondary N) is 1. The Morgan fingerprint density at radius 2 is 1.74 bits per heavy atom. The standard InChI is InChI=1S/C17H29NO4S/c1-4-6-7-8-9-10-12-18-15(20)11-13-23-17(21)16(14(3)19)22-5-2/h11,13,16H,4-10,12H2,1-3H3,(H,18,20). The average Bonchev–Trinajstić information content (AvgIpc) is 2.51. The minimum Gasteiger partial charge on any atom is -0.362 e. The van der Waals surface area contributed by atoms with Gasteiger partial charge in [-0.3, -0.25) is 14.4 Å². The first-order valence-electron chi connectivity index (χ1n) is 8.29. The lowest BCUT2D eigenvalue weighted by atomic mass is 10.1. The van der Waals surface area contributed by atoms with Gasteiger partial charge in [0.1, 0.15) is 0 Å². The molecular weight excluding hydrogens is 314 g/mol. The highest BCUT2D eigenvalue weighted by Gasteiger charge is 2.22. The van der Waals surface area contributed by atoms with Gasteiger partial charge in [-0.25, -0.2) is 0 Å². The molecule has 0 aliphatic carbocycles. The Kier molecular flexibility index (Phi) is 13.7. The molecule has 0 rings (SSSR count). The van der Waals surface area contributed by atoms with Crippen molar-refractivity contribution < 1.29 is 19.1 Å². The summed E-state index contributed by atoms with van der Waals surface area (Å²) in [4.78, 5) is 34.6. The van der Waals surface area contributed by atoms with Crippen molar-refractivity contribution in [1.29, 1.82) is 0 Å². The summed E-state index contributed by atoms with van der Waals surface area (Å²) >= 11 is 0.808. The van der Waals surface area contributed by atoms with Crippen LogP contribution in [0.3, 0.4) is 0 Å². The molecule has 1 atom stereocenters. The molecule has 0 bridgehead atoms. The number of unbranched alkanes of at least 4 members (excludes halogenated alkanes) is 5. The van der Waals surface area contributed by atoms with Crippen LogP contribution in [0.2, 0.25) is 0 Å². The molecule has 0 aliphatic rings. The maximum Gasteiger partial charge on any atom is 0.244 e. The Labute approximate surface area is 143 Å². The number of rotatable bonds is 13. The molecule has 132 valence electrons. The van der Waals surface area contributed by atoms with Gasteiger partial charge in [0.05, 0.1) is 0 Å². The highest BCUT2D eigenvalue weighted by molar-refractivity contribution is 8.16. The lowest BCUT2D eigenvalue weighted by molar-refractivity contribution is -0.136. The number of ketones is 1. The second kappa shape index (κ2) is 14.5. The highest BCUT2D eigenvalue weighted by atomic mass is 32.2. The monoisotopic (exact) mass is 343 g/mol. The number of amides is 1. The molecule has 0 radical (unpaired) electrons. The van der Waals surface area contributed by atoms with Crippen molar-refractivity contribution in [3.05, 3.63) is 11.5 Å². The van der Waals surface area contributed by atoms with Crippen LogP contribution in [0, 0.1) is 0 Å². The minimum absolute atomic E-state index is 0.227. The quantitative estimate of drug-likeness (QED) is 0.316. The predicted octanol–water partition coefficient (Wildman–Crippen LogP) is 3.23. The van der Waals surface area contributed by atoms with Gasteiger partial charge in [0.2, 0.25) is 11.0 Å². The summed E-state index contributed by atoms with van der Waals surface area (Å²) in [6.45, 7) is 6.15. The first-order valence-corrected chi connectivity index (χ1v) is 9.17. The molecule has 0 aromatic heterocycles. The molecule has 0 saturated heterocycles. The van der Waals surface area contributed by atoms with Crippen LogP contribution in [0.15, 0.2) is 11.5 Å². The van der Waals surface area contributed by atoms with Gasteiger partial charge in [-0.15, -0.1) is 0 Å². The SMILES string of the molecule is CCCCCCCCNC(=O)C=CSC(=O)C(OCC)C(C)=O. The average molecular weight is 343 g/mol. The number of thioether (sulfide) groups is 1. The van der Waals surface area contributed by atoms with E-state index in [0.717, 1.165) is 24.6 Å². The van der Waals surface area contributed by atoms with E-state index >= 15 is 0 Å². The van der Waals surface area contributed by atoms with Gasteiger partial charge < -0.3 is 10.1 Å². The fraction of sp³-hybridized carbons (Fsp3) is 0.706. The minimum atomic E-state index is -1.05. The van der Waals surface area contributed by atoms with Crippen molar-refractivity contribution in [1.82, 2.24) is 5.32 Å². The van der Waals surface area contributed by atoms with E-state index in [2.05, 4.69) is 12.2 Å². The van der Waals surface area contributed by atoms with Gasteiger partial charge in [-0.1, -0.05) is 50.8 Å². The highest BCUT2D eigenvalue weighted by Crippen LogP contribution is 2.11. The summed E-state index contributed by atoms with van der Waals surface area (Å²) in [6.07, 6.45) is 7.28. The van der Waals surface area contributed by atoms with Gasteiger partial charge in [-0.05, 0) is 25.7 Å². The number of hydrogen-bond donors (Lipinski definition) is 1. The van der Waals surface area contributed by atoms with E-state index in [1.54, 1.807) is 6.92 Å². The molecule has 6 heteroatoms. The van der Waals surface area contributed by atoms with Crippen LogP contribution >= 0.6 is 11.8 Å². The van der Waals surface area contributed by atoms with Gasteiger partial charge in [-0.2, -0.15) is 0 Å². The zero-order valence-electron chi connectivity index (χ0n) is 14.4. The van der Waals surface area contributed by atoms with Crippen molar-refractivity contribution in [2.24, 2.45) is 0 Å². The Hall–Kier alpha value is -1.14. The Bertz CT molecular complexity index is 396. The lowest BCUT2D eigenvalue weighted by Crippen LogP contribution is -2.29. The molecule has 23 heavy (non-hydrogen) atoms. The van der Waals surface area contributed by atoms with E-state index in [9.17, 15) is 14.4 Å². The van der Waals surface area contributed by atoms with Crippen molar-refractivity contribution in [3.63, 3.8) is 0 Å². The molecule has 1 amide bonds. The fourth-order valence-electron chi connectivity index (χ4n) is 1.92. The van der Waals surface area contributed by atoms with E-state index in [4.69, 9.17) is 4.74 Å². The molecule has 0 aromatic carbocycles. The van der Waals surface area contributed by atoms with Crippen LogP contribution in [0.4, 0.5) is 0 Å². The summed E-state index contributed by atoms with van der Waals surface area (Å²) < 4.78 is 5.09. The van der Waals surface area contributed by atoms with Gasteiger partial charge in [0.25, 0.3) is 0 Å². The first kappa shape index (κ1) is 21.9. The number of ether oxygens (including phenoxy) is 1. The number of Topliss-reactive ketones (excluding diaryl/α,β-unsaturated/α-hetero) is 1. The Morgan fingerprint density at radius 3 is 2.35 bits per heavy atom. The number of hydrogen-bond acceptors (Lipinski definition) is 5. The first-order chi connectivity index (χ1) is 11.0. The molecule has 0 aromatic rings. The van der Waals surface area contributed by atoms with Crippen LogP contribution in [0.25, 0.3) is 0 Å². The third-order valence-corrected chi connectivity index (χ3v) is 3.87. The second-order valence-corrected chi connectivity index (χ2v) is 6.15. The summed E-state index contributed by atoms with van der Waals surface area (Å²) in [5, 5.41) is 3.77. The molecule has 0 heterocycles. The summed E-state index contributed by atoms with van der Waals surface area (Å²) in [6, 6.07) is 0. The molecule has 0 aliphatic heterocycles.